The van der Waals surface area contributed by atoms with Gasteiger partial charge < -0.3 is 14.6 Å². The van der Waals surface area contributed by atoms with E-state index in [-0.39, 0.29) is 5.60 Å². The van der Waals surface area contributed by atoms with Gasteiger partial charge >= 0.3 is 0 Å². The summed E-state index contributed by atoms with van der Waals surface area (Å²) in [5.41, 5.74) is 0.552. The van der Waals surface area contributed by atoms with Crippen molar-refractivity contribution in [3.63, 3.8) is 0 Å². The van der Waals surface area contributed by atoms with Crippen LogP contribution < -0.4 is 4.74 Å². The van der Waals surface area contributed by atoms with E-state index in [9.17, 15) is 5.11 Å². The van der Waals surface area contributed by atoms with Gasteiger partial charge in [-0.05, 0) is 50.3 Å². The zero-order valence-electron chi connectivity index (χ0n) is 12.2. The zero-order valence-corrected chi connectivity index (χ0v) is 12.2. The van der Waals surface area contributed by atoms with Crippen molar-refractivity contribution in [3.8, 4) is 5.75 Å². The summed E-state index contributed by atoms with van der Waals surface area (Å²) in [5, 5.41) is 10.7. The smallest absolute Gasteiger partial charge is 0.119 e. The monoisotopic (exact) mass is 276 g/mol. The van der Waals surface area contributed by atoms with Crippen LogP contribution in [0.4, 0.5) is 0 Å². The lowest BCUT2D eigenvalue weighted by molar-refractivity contribution is -0.118. The number of aliphatic hydroxyl groups excluding tert-OH is 1. The van der Waals surface area contributed by atoms with Crippen molar-refractivity contribution < 1.29 is 14.6 Å². The predicted octanol–water partition coefficient (Wildman–Crippen LogP) is 3.61. The minimum Gasteiger partial charge on any atom is -0.490 e. The summed E-state index contributed by atoms with van der Waals surface area (Å²) in [4.78, 5) is 0. The van der Waals surface area contributed by atoms with Gasteiger partial charge in [0, 0.05) is 6.61 Å². The molecule has 1 aromatic rings. The molecule has 0 bridgehead atoms. The Morgan fingerprint density at radius 3 is 2.40 bits per heavy atom. The maximum Gasteiger partial charge on any atom is 0.119 e. The van der Waals surface area contributed by atoms with Crippen LogP contribution in [0.2, 0.25) is 0 Å². The highest BCUT2D eigenvalue weighted by molar-refractivity contribution is 5.30. The largest absolute Gasteiger partial charge is 0.490 e. The predicted molar refractivity (Wildman–Crippen MR) is 77.9 cm³/mol. The molecule has 1 N–H and O–H groups in total. The topological polar surface area (TPSA) is 38.7 Å². The average molecular weight is 276 g/mol. The van der Waals surface area contributed by atoms with E-state index in [2.05, 4.69) is 0 Å². The van der Waals surface area contributed by atoms with Gasteiger partial charge in [-0.2, -0.15) is 0 Å². The third kappa shape index (κ3) is 2.84. The summed E-state index contributed by atoms with van der Waals surface area (Å²) in [6.07, 6.45) is 6.37. The molecular formula is C17H24O3. The first-order chi connectivity index (χ1) is 9.73. The van der Waals surface area contributed by atoms with E-state index in [1.807, 2.05) is 31.2 Å². The molecule has 1 aromatic carbocycles. The molecular weight excluding hydrogens is 252 g/mol. The van der Waals surface area contributed by atoms with Crippen LogP contribution in [0, 0.1) is 0 Å². The Hall–Kier alpha value is -1.06. The van der Waals surface area contributed by atoms with Crippen LogP contribution in [-0.4, -0.2) is 23.4 Å². The minimum absolute atomic E-state index is 0.381. The molecule has 0 aliphatic heterocycles. The average Bonchev–Trinajstić information content (AvgIpc) is 3.15. The van der Waals surface area contributed by atoms with Crippen molar-refractivity contribution in [1.82, 2.24) is 0 Å². The Balaban J connectivity index is 1.72. The summed E-state index contributed by atoms with van der Waals surface area (Å²) < 4.78 is 11.7. The fraction of sp³-hybridized carbons (Fsp3) is 0.647. The van der Waals surface area contributed by atoms with Crippen LogP contribution in [0.15, 0.2) is 24.3 Å². The maximum atomic E-state index is 10.7. The second kappa shape index (κ2) is 5.74. The SMILES string of the molecule is CCOC1(C(O)c2ccc(OC3CC3)cc2)CCCC1. The number of benzene rings is 1. The van der Waals surface area contributed by atoms with E-state index in [0.717, 1.165) is 49.8 Å². The molecule has 0 heterocycles. The molecule has 0 saturated heterocycles. The van der Waals surface area contributed by atoms with Crippen molar-refractivity contribution in [1.29, 1.82) is 0 Å². The first-order valence-electron chi connectivity index (χ1n) is 7.82. The van der Waals surface area contributed by atoms with Crippen LogP contribution in [0.5, 0.6) is 5.75 Å². The van der Waals surface area contributed by atoms with Gasteiger partial charge in [-0.1, -0.05) is 25.0 Å². The molecule has 0 radical (unpaired) electrons. The second-order valence-corrected chi connectivity index (χ2v) is 5.99. The third-order valence-corrected chi connectivity index (χ3v) is 4.40. The van der Waals surface area contributed by atoms with Crippen molar-refractivity contribution in [2.24, 2.45) is 0 Å². The molecule has 3 heteroatoms. The fourth-order valence-corrected chi connectivity index (χ4v) is 3.17. The standard InChI is InChI=1S/C17H24O3/c1-2-19-17(11-3-4-12-17)16(18)13-5-7-14(8-6-13)20-15-9-10-15/h5-8,15-16,18H,2-4,9-12H2,1H3. The van der Waals surface area contributed by atoms with Gasteiger partial charge in [-0.3, -0.25) is 0 Å². The number of ether oxygens (including phenoxy) is 2. The lowest BCUT2D eigenvalue weighted by Crippen LogP contribution is -2.36. The van der Waals surface area contributed by atoms with Gasteiger partial charge in [0.25, 0.3) is 0 Å². The van der Waals surface area contributed by atoms with Gasteiger partial charge in [0.15, 0.2) is 0 Å². The molecule has 2 aliphatic rings. The summed E-state index contributed by atoms with van der Waals surface area (Å²) >= 11 is 0. The summed E-state index contributed by atoms with van der Waals surface area (Å²) in [5.74, 6) is 0.903. The van der Waals surface area contributed by atoms with E-state index in [0.29, 0.717) is 12.7 Å². The first-order valence-corrected chi connectivity index (χ1v) is 7.82. The van der Waals surface area contributed by atoms with Gasteiger partial charge in [-0.25, -0.2) is 0 Å². The van der Waals surface area contributed by atoms with E-state index in [1.165, 1.54) is 0 Å². The summed E-state index contributed by atoms with van der Waals surface area (Å²) in [6.45, 7) is 2.65. The molecule has 3 rings (SSSR count). The molecule has 0 aromatic heterocycles. The van der Waals surface area contributed by atoms with Crippen molar-refractivity contribution >= 4 is 0 Å². The Bertz CT molecular complexity index is 430. The van der Waals surface area contributed by atoms with Crippen molar-refractivity contribution in [2.45, 2.75) is 63.3 Å². The Morgan fingerprint density at radius 2 is 1.85 bits per heavy atom. The van der Waals surface area contributed by atoms with Crippen molar-refractivity contribution in [2.75, 3.05) is 6.61 Å². The maximum absolute atomic E-state index is 10.7. The zero-order chi connectivity index (χ0) is 14.0. The molecule has 0 amide bonds. The molecule has 20 heavy (non-hydrogen) atoms. The molecule has 2 fully saturated rings. The van der Waals surface area contributed by atoms with E-state index < -0.39 is 6.10 Å². The Morgan fingerprint density at radius 1 is 1.20 bits per heavy atom. The van der Waals surface area contributed by atoms with E-state index in [4.69, 9.17) is 9.47 Å². The molecule has 110 valence electrons. The van der Waals surface area contributed by atoms with Crippen LogP contribution >= 0.6 is 0 Å². The second-order valence-electron chi connectivity index (χ2n) is 5.99. The molecule has 2 aliphatic carbocycles. The Kier molecular flexibility index (Phi) is 3.99. The highest BCUT2D eigenvalue weighted by Crippen LogP contribution is 2.43. The summed E-state index contributed by atoms with van der Waals surface area (Å²) in [7, 11) is 0. The van der Waals surface area contributed by atoms with Crippen LogP contribution in [0.25, 0.3) is 0 Å². The van der Waals surface area contributed by atoms with E-state index >= 15 is 0 Å². The third-order valence-electron chi connectivity index (χ3n) is 4.40. The molecule has 0 spiro atoms. The number of rotatable bonds is 6. The number of hydrogen-bond acceptors (Lipinski definition) is 3. The highest BCUT2D eigenvalue weighted by atomic mass is 16.5. The highest BCUT2D eigenvalue weighted by Gasteiger charge is 2.42. The minimum atomic E-state index is -0.542. The summed E-state index contributed by atoms with van der Waals surface area (Å²) in [6, 6.07) is 7.87. The lowest BCUT2D eigenvalue weighted by atomic mass is 9.89. The quantitative estimate of drug-likeness (QED) is 0.862. The normalized spacial score (nSPS) is 22.7. The van der Waals surface area contributed by atoms with E-state index in [1.54, 1.807) is 0 Å². The van der Waals surface area contributed by atoms with Crippen LogP contribution in [0.1, 0.15) is 57.1 Å². The molecule has 1 unspecified atom stereocenters. The van der Waals surface area contributed by atoms with Crippen molar-refractivity contribution in [3.05, 3.63) is 29.8 Å². The van der Waals surface area contributed by atoms with Gasteiger partial charge in [0.1, 0.15) is 11.9 Å². The molecule has 3 nitrogen and oxygen atoms in total. The Labute approximate surface area is 120 Å². The van der Waals surface area contributed by atoms with Crippen LogP contribution in [0.3, 0.4) is 0 Å². The lowest BCUT2D eigenvalue weighted by Gasteiger charge is -2.34. The molecule has 2 saturated carbocycles. The number of aliphatic hydroxyl groups is 1. The van der Waals surface area contributed by atoms with Gasteiger partial charge in [-0.15, -0.1) is 0 Å². The number of hydrogen-bond donors (Lipinski definition) is 1. The first kappa shape index (κ1) is 13.9. The fourth-order valence-electron chi connectivity index (χ4n) is 3.17. The van der Waals surface area contributed by atoms with Gasteiger partial charge in [0.2, 0.25) is 0 Å². The van der Waals surface area contributed by atoms with Gasteiger partial charge in [0.05, 0.1) is 11.7 Å². The van der Waals surface area contributed by atoms with Crippen LogP contribution in [-0.2, 0) is 4.74 Å². The molecule has 1 atom stereocenters.